The Kier molecular flexibility index (Phi) is 4.51. The van der Waals surface area contributed by atoms with Gasteiger partial charge < -0.3 is 11.1 Å². The van der Waals surface area contributed by atoms with Crippen LogP contribution in [0.5, 0.6) is 0 Å². The Bertz CT molecular complexity index is 405. The highest BCUT2D eigenvalue weighted by atomic mass is 16.2. The van der Waals surface area contributed by atoms with Crippen LogP contribution in [0.15, 0.2) is 6.07 Å². The molecule has 4 N–H and O–H groups in total. The summed E-state index contributed by atoms with van der Waals surface area (Å²) in [5.41, 5.74) is 6.82. The summed E-state index contributed by atoms with van der Waals surface area (Å²) in [4.78, 5) is 11.9. The highest BCUT2D eigenvalue weighted by Crippen LogP contribution is 2.22. The second-order valence-corrected chi connectivity index (χ2v) is 5.82. The van der Waals surface area contributed by atoms with Crippen LogP contribution < -0.4 is 11.1 Å². The summed E-state index contributed by atoms with van der Waals surface area (Å²) in [6.07, 6.45) is 0.877. The van der Waals surface area contributed by atoms with Gasteiger partial charge in [-0.15, -0.1) is 0 Å². The molecule has 102 valence electrons. The third kappa shape index (κ3) is 3.57. The number of hydrogen-bond donors (Lipinski definition) is 3. The Labute approximate surface area is 109 Å². The van der Waals surface area contributed by atoms with E-state index >= 15 is 0 Å². The van der Waals surface area contributed by atoms with Gasteiger partial charge in [-0.1, -0.05) is 41.0 Å². The molecular formula is C13H24N4O. The number of nitrogens with zero attached hydrogens (tertiary/aromatic N) is 1. The van der Waals surface area contributed by atoms with Gasteiger partial charge in [-0.3, -0.25) is 9.89 Å². The number of carbonyl (C=O) groups excluding carboxylic acids is 1. The molecule has 1 rings (SSSR count). The molecule has 1 amide bonds. The first-order chi connectivity index (χ1) is 8.25. The average Bonchev–Trinajstić information content (AvgIpc) is 2.75. The first kappa shape index (κ1) is 14.7. The van der Waals surface area contributed by atoms with Gasteiger partial charge in [0.05, 0.1) is 6.04 Å². The van der Waals surface area contributed by atoms with E-state index in [2.05, 4.69) is 36.3 Å². The predicted octanol–water partition coefficient (Wildman–Crippen LogP) is 2.02. The zero-order valence-electron chi connectivity index (χ0n) is 11.9. The Balaban J connectivity index is 2.68. The van der Waals surface area contributed by atoms with E-state index in [0.717, 1.165) is 12.1 Å². The van der Waals surface area contributed by atoms with Crippen LogP contribution in [0, 0.1) is 5.92 Å². The van der Waals surface area contributed by atoms with E-state index in [4.69, 9.17) is 5.73 Å². The largest absolute Gasteiger partial charge is 0.320 e. The summed E-state index contributed by atoms with van der Waals surface area (Å²) >= 11 is 0. The van der Waals surface area contributed by atoms with Crippen molar-refractivity contribution in [3.8, 4) is 0 Å². The summed E-state index contributed by atoms with van der Waals surface area (Å²) in [7, 11) is 0. The lowest BCUT2D eigenvalue weighted by Crippen LogP contribution is -2.40. The van der Waals surface area contributed by atoms with Crippen LogP contribution in [-0.2, 0) is 10.2 Å². The molecule has 0 saturated heterocycles. The topological polar surface area (TPSA) is 83.8 Å². The van der Waals surface area contributed by atoms with E-state index in [1.807, 2.05) is 19.9 Å². The fourth-order valence-electron chi connectivity index (χ4n) is 1.49. The standard InChI is InChI=1S/C13H24N4O/c1-6-8(2)11(14)12(18)15-10-7-9(16-17-10)13(3,4)5/h7-8,11H,6,14H2,1-5H3,(H2,15,16,17,18)/t8-,11-/m0/s1. The highest BCUT2D eigenvalue weighted by molar-refractivity contribution is 5.94. The molecule has 0 unspecified atom stereocenters. The number of rotatable bonds is 4. The normalized spacial score (nSPS) is 15.2. The minimum absolute atomic E-state index is 0.0190. The number of nitrogens with two attached hydrogens (primary N) is 1. The van der Waals surface area contributed by atoms with Crippen molar-refractivity contribution >= 4 is 11.7 Å². The zero-order chi connectivity index (χ0) is 13.9. The van der Waals surface area contributed by atoms with Crippen LogP contribution in [0.3, 0.4) is 0 Å². The van der Waals surface area contributed by atoms with Gasteiger partial charge in [-0.2, -0.15) is 5.10 Å². The first-order valence-electron chi connectivity index (χ1n) is 6.38. The van der Waals surface area contributed by atoms with E-state index < -0.39 is 6.04 Å². The Morgan fingerprint density at radius 1 is 1.56 bits per heavy atom. The van der Waals surface area contributed by atoms with Crippen LogP contribution in [0.4, 0.5) is 5.82 Å². The number of H-pyrrole nitrogens is 1. The van der Waals surface area contributed by atoms with Crippen molar-refractivity contribution in [2.45, 2.75) is 52.5 Å². The van der Waals surface area contributed by atoms with E-state index in [0.29, 0.717) is 5.82 Å². The van der Waals surface area contributed by atoms with E-state index in [1.54, 1.807) is 0 Å². The van der Waals surface area contributed by atoms with Gasteiger partial charge in [0.2, 0.25) is 5.91 Å². The molecule has 1 heterocycles. The molecule has 0 aromatic carbocycles. The summed E-state index contributed by atoms with van der Waals surface area (Å²) in [5.74, 6) is 0.506. The lowest BCUT2D eigenvalue weighted by Gasteiger charge is -2.17. The maximum atomic E-state index is 11.9. The predicted molar refractivity (Wildman–Crippen MR) is 73.3 cm³/mol. The molecule has 18 heavy (non-hydrogen) atoms. The zero-order valence-corrected chi connectivity index (χ0v) is 11.9. The molecule has 1 aromatic rings. The summed E-state index contributed by atoms with van der Waals surface area (Å²) < 4.78 is 0. The summed E-state index contributed by atoms with van der Waals surface area (Å²) in [5, 5.41) is 9.75. The Morgan fingerprint density at radius 3 is 2.61 bits per heavy atom. The molecular weight excluding hydrogens is 228 g/mol. The fraction of sp³-hybridized carbons (Fsp3) is 0.692. The van der Waals surface area contributed by atoms with Gasteiger partial charge in [0.1, 0.15) is 0 Å². The third-order valence-electron chi connectivity index (χ3n) is 3.20. The summed E-state index contributed by atoms with van der Waals surface area (Å²) in [6, 6.07) is 1.35. The Morgan fingerprint density at radius 2 is 2.17 bits per heavy atom. The molecule has 0 fully saturated rings. The smallest absolute Gasteiger partial charge is 0.242 e. The number of hydrogen-bond acceptors (Lipinski definition) is 3. The maximum Gasteiger partial charge on any atom is 0.242 e. The lowest BCUT2D eigenvalue weighted by atomic mass is 9.92. The van der Waals surface area contributed by atoms with Crippen LogP contribution in [0.25, 0.3) is 0 Å². The van der Waals surface area contributed by atoms with Gasteiger partial charge in [0.15, 0.2) is 5.82 Å². The number of aromatic amines is 1. The van der Waals surface area contributed by atoms with Crippen molar-refractivity contribution in [3.63, 3.8) is 0 Å². The molecule has 0 bridgehead atoms. The van der Waals surface area contributed by atoms with Gasteiger partial charge in [0, 0.05) is 17.2 Å². The quantitative estimate of drug-likeness (QED) is 0.766. The number of nitrogens with one attached hydrogen (secondary N) is 2. The van der Waals surface area contributed by atoms with Crippen LogP contribution in [0.1, 0.15) is 46.7 Å². The third-order valence-corrected chi connectivity index (χ3v) is 3.20. The maximum absolute atomic E-state index is 11.9. The first-order valence-corrected chi connectivity index (χ1v) is 6.38. The second kappa shape index (κ2) is 5.52. The number of aromatic nitrogens is 2. The molecule has 0 aliphatic carbocycles. The molecule has 0 saturated carbocycles. The molecule has 0 aliphatic rings. The Hall–Kier alpha value is -1.36. The van der Waals surface area contributed by atoms with Gasteiger partial charge in [0.25, 0.3) is 0 Å². The molecule has 1 aromatic heterocycles. The van der Waals surface area contributed by atoms with Crippen LogP contribution in [-0.4, -0.2) is 22.1 Å². The van der Waals surface area contributed by atoms with Crippen molar-refractivity contribution in [3.05, 3.63) is 11.8 Å². The molecule has 2 atom stereocenters. The molecule has 5 nitrogen and oxygen atoms in total. The van der Waals surface area contributed by atoms with Crippen molar-refractivity contribution < 1.29 is 4.79 Å². The van der Waals surface area contributed by atoms with E-state index in [9.17, 15) is 4.79 Å². The lowest BCUT2D eigenvalue weighted by molar-refractivity contribution is -0.118. The molecule has 0 radical (unpaired) electrons. The van der Waals surface area contributed by atoms with Crippen LogP contribution in [0.2, 0.25) is 0 Å². The number of amides is 1. The second-order valence-electron chi connectivity index (χ2n) is 5.82. The average molecular weight is 252 g/mol. The number of carbonyl (C=O) groups is 1. The minimum atomic E-state index is -0.496. The van der Waals surface area contributed by atoms with Crippen molar-refractivity contribution in [1.29, 1.82) is 0 Å². The van der Waals surface area contributed by atoms with Gasteiger partial charge in [-0.05, 0) is 5.92 Å². The minimum Gasteiger partial charge on any atom is -0.320 e. The fourth-order valence-corrected chi connectivity index (χ4v) is 1.49. The van der Waals surface area contributed by atoms with E-state index in [1.165, 1.54) is 0 Å². The van der Waals surface area contributed by atoms with Gasteiger partial charge in [-0.25, -0.2) is 0 Å². The molecule has 5 heteroatoms. The molecule has 0 spiro atoms. The van der Waals surface area contributed by atoms with Crippen LogP contribution >= 0.6 is 0 Å². The SMILES string of the molecule is CC[C@H](C)[C@H](N)C(=O)Nc1cc(C(C)(C)C)[nH]n1. The van der Waals surface area contributed by atoms with Crippen molar-refractivity contribution in [2.24, 2.45) is 11.7 Å². The summed E-state index contributed by atoms with van der Waals surface area (Å²) in [6.45, 7) is 10.2. The molecule has 0 aliphatic heterocycles. The van der Waals surface area contributed by atoms with Crippen molar-refractivity contribution in [2.75, 3.05) is 5.32 Å². The van der Waals surface area contributed by atoms with Crippen molar-refractivity contribution in [1.82, 2.24) is 10.2 Å². The van der Waals surface area contributed by atoms with E-state index in [-0.39, 0.29) is 17.2 Å². The van der Waals surface area contributed by atoms with Gasteiger partial charge >= 0.3 is 0 Å². The highest BCUT2D eigenvalue weighted by Gasteiger charge is 2.21. The number of anilines is 1. The monoisotopic (exact) mass is 252 g/mol.